The lowest BCUT2D eigenvalue weighted by molar-refractivity contribution is -0.138. The quantitative estimate of drug-likeness (QED) is 0.727. The molecular formula is C21H24N2O4. The van der Waals surface area contributed by atoms with E-state index < -0.39 is 23.6 Å². The van der Waals surface area contributed by atoms with Gasteiger partial charge in [-0.2, -0.15) is 0 Å². The van der Waals surface area contributed by atoms with Crippen LogP contribution in [0.1, 0.15) is 37.3 Å². The molecule has 1 aliphatic carbocycles. The third-order valence-corrected chi connectivity index (χ3v) is 5.25. The van der Waals surface area contributed by atoms with Crippen LogP contribution < -0.4 is 11.1 Å². The van der Waals surface area contributed by atoms with Crippen LogP contribution in [0.25, 0.3) is 11.1 Å². The molecule has 6 heteroatoms. The topological polar surface area (TPSA) is 102 Å². The van der Waals surface area contributed by atoms with Crippen LogP contribution in [0.5, 0.6) is 0 Å². The van der Waals surface area contributed by atoms with Crippen molar-refractivity contribution in [2.24, 2.45) is 5.73 Å². The largest absolute Gasteiger partial charge is 0.481 e. The molecule has 1 aliphatic rings. The molecule has 2 unspecified atom stereocenters. The standard InChI is InChI=1S/C21H24N2O4/c1-13(22)21(2,11-19(24)25)23-20(26)27-12-18-16-9-5-3-7-14(16)15-8-4-6-10-17(15)18/h3-10,13,18H,11-12,22H2,1-2H3,(H,23,26)(H,24,25). The number of nitrogens with two attached hydrogens (primary N) is 1. The summed E-state index contributed by atoms with van der Waals surface area (Å²) in [6, 6.07) is 15.6. The number of carboxylic acid groups (broad SMARTS) is 1. The number of alkyl carbamates (subject to hydrolysis) is 1. The van der Waals surface area contributed by atoms with Crippen molar-refractivity contribution in [1.29, 1.82) is 0 Å². The molecule has 0 aliphatic heterocycles. The molecular weight excluding hydrogens is 344 g/mol. The van der Waals surface area contributed by atoms with Crippen LogP contribution in [0, 0.1) is 0 Å². The molecule has 0 saturated carbocycles. The molecule has 2 aromatic rings. The van der Waals surface area contributed by atoms with E-state index in [2.05, 4.69) is 17.4 Å². The molecule has 2 atom stereocenters. The van der Waals surface area contributed by atoms with E-state index in [-0.39, 0.29) is 18.9 Å². The highest BCUT2D eigenvalue weighted by atomic mass is 16.5. The number of carboxylic acids is 1. The number of ether oxygens (including phenoxy) is 1. The second kappa shape index (κ2) is 7.40. The molecule has 4 N–H and O–H groups in total. The number of amides is 1. The van der Waals surface area contributed by atoms with E-state index >= 15 is 0 Å². The maximum Gasteiger partial charge on any atom is 0.407 e. The fourth-order valence-electron chi connectivity index (χ4n) is 3.50. The molecule has 0 bridgehead atoms. The minimum absolute atomic E-state index is 0.0517. The van der Waals surface area contributed by atoms with Crippen LogP contribution in [-0.4, -0.2) is 35.4 Å². The van der Waals surface area contributed by atoms with Crippen molar-refractivity contribution in [3.05, 3.63) is 59.7 Å². The highest BCUT2D eigenvalue weighted by Gasteiger charge is 2.35. The van der Waals surface area contributed by atoms with E-state index in [0.717, 1.165) is 22.3 Å². The zero-order valence-electron chi connectivity index (χ0n) is 15.4. The fourth-order valence-corrected chi connectivity index (χ4v) is 3.50. The summed E-state index contributed by atoms with van der Waals surface area (Å²) in [5.41, 5.74) is 9.32. The number of benzene rings is 2. The molecule has 142 valence electrons. The maximum absolute atomic E-state index is 12.3. The second-order valence-corrected chi connectivity index (χ2v) is 7.23. The third kappa shape index (κ3) is 3.80. The molecule has 0 radical (unpaired) electrons. The Kier molecular flexibility index (Phi) is 5.19. The number of nitrogens with one attached hydrogen (secondary N) is 1. The van der Waals surface area contributed by atoms with Crippen molar-refractivity contribution in [1.82, 2.24) is 5.32 Å². The Labute approximate surface area is 158 Å². The Morgan fingerprint density at radius 2 is 1.67 bits per heavy atom. The van der Waals surface area contributed by atoms with E-state index in [1.807, 2.05) is 36.4 Å². The van der Waals surface area contributed by atoms with Gasteiger partial charge in [0.15, 0.2) is 0 Å². The van der Waals surface area contributed by atoms with Gasteiger partial charge in [-0.05, 0) is 36.1 Å². The van der Waals surface area contributed by atoms with Crippen LogP contribution in [0.15, 0.2) is 48.5 Å². The summed E-state index contributed by atoms with van der Waals surface area (Å²) in [5, 5.41) is 11.7. The molecule has 1 amide bonds. The fraction of sp³-hybridized carbons (Fsp3) is 0.333. The first kappa shape index (κ1) is 18.9. The Hall–Kier alpha value is -2.86. The summed E-state index contributed by atoms with van der Waals surface area (Å²) in [6.45, 7) is 3.43. The summed E-state index contributed by atoms with van der Waals surface area (Å²) in [7, 11) is 0. The molecule has 27 heavy (non-hydrogen) atoms. The first-order valence-electron chi connectivity index (χ1n) is 8.92. The lowest BCUT2D eigenvalue weighted by atomic mass is 9.90. The van der Waals surface area contributed by atoms with Gasteiger partial charge in [0.05, 0.1) is 12.0 Å². The molecule has 0 heterocycles. The smallest absolute Gasteiger partial charge is 0.407 e. The number of hydrogen-bond acceptors (Lipinski definition) is 4. The van der Waals surface area contributed by atoms with Gasteiger partial charge >= 0.3 is 12.1 Å². The Morgan fingerprint density at radius 1 is 1.15 bits per heavy atom. The monoisotopic (exact) mass is 368 g/mol. The first-order chi connectivity index (χ1) is 12.8. The number of rotatable bonds is 6. The van der Waals surface area contributed by atoms with Crippen molar-refractivity contribution in [3.8, 4) is 11.1 Å². The van der Waals surface area contributed by atoms with E-state index in [1.165, 1.54) is 0 Å². The number of carbonyl (C=O) groups is 2. The normalized spacial score (nSPS) is 16.0. The summed E-state index contributed by atoms with van der Waals surface area (Å²) in [6.07, 6.45) is -0.951. The highest BCUT2D eigenvalue weighted by Crippen LogP contribution is 2.44. The zero-order valence-corrected chi connectivity index (χ0v) is 15.4. The van der Waals surface area contributed by atoms with Crippen molar-refractivity contribution in [3.63, 3.8) is 0 Å². The van der Waals surface area contributed by atoms with E-state index in [4.69, 9.17) is 15.6 Å². The lowest BCUT2D eigenvalue weighted by Crippen LogP contribution is -2.58. The average molecular weight is 368 g/mol. The molecule has 0 aromatic heterocycles. The highest BCUT2D eigenvalue weighted by molar-refractivity contribution is 5.79. The number of carbonyl (C=O) groups excluding carboxylic acids is 1. The summed E-state index contributed by atoms with van der Waals surface area (Å²) < 4.78 is 5.47. The van der Waals surface area contributed by atoms with Gasteiger partial charge in [-0.25, -0.2) is 4.79 Å². The average Bonchev–Trinajstić information content (AvgIpc) is 2.93. The van der Waals surface area contributed by atoms with Gasteiger partial charge in [0.25, 0.3) is 0 Å². The van der Waals surface area contributed by atoms with Gasteiger partial charge in [0, 0.05) is 12.0 Å². The molecule has 0 saturated heterocycles. The summed E-state index contributed by atoms with van der Waals surface area (Å²) >= 11 is 0. The lowest BCUT2D eigenvalue weighted by Gasteiger charge is -2.32. The van der Waals surface area contributed by atoms with Gasteiger partial charge in [0.1, 0.15) is 6.61 Å². The predicted octanol–water partition coefficient (Wildman–Crippen LogP) is 3.11. The van der Waals surface area contributed by atoms with Gasteiger partial charge in [0.2, 0.25) is 0 Å². The molecule has 3 rings (SSSR count). The minimum atomic E-state index is -1.09. The number of fused-ring (bicyclic) bond motifs is 3. The van der Waals surface area contributed by atoms with Crippen molar-refractivity contribution in [2.45, 2.75) is 37.8 Å². The van der Waals surface area contributed by atoms with Gasteiger partial charge in [-0.15, -0.1) is 0 Å². The van der Waals surface area contributed by atoms with Crippen LogP contribution in [0.4, 0.5) is 4.79 Å². The second-order valence-electron chi connectivity index (χ2n) is 7.23. The van der Waals surface area contributed by atoms with Gasteiger partial charge < -0.3 is 20.9 Å². The van der Waals surface area contributed by atoms with Crippen LogP contribution >= 0.6 is 0 Å². The third-order valence-electron chi connectivity index (χ3n) is 5.25. The van der Waals surface area contributed by atoms with E-state index in [1.54, 1.807) is 13.8 Å². The molecule has 6 nitrogen and oxygen atoms in total. The van der Waals surface area contributed by atoms with E-state index in [9.17, 15) is 9.59 Å². The zero-order chi connectivity index (χ0) is 19.6. The van der Waals surface area contributed by atoms with Crippen LogP contribution in [0.2, 0.25) is 0 Å². The Morgan fingerprint density at radius 3 is 2.15 bits per heavy atom. The number of hydrogen-bond donors (Lipinski definition) is 3. The summed E-state index contributed by atoms with van der Waals surface area (Å²) in [4.78, 5) is 23.4. The van der Waals surface area contributed by atoms with Crippen LogP contribution in [0.3, 0.4) is 0 Å². The maximum atomic E-state index is 12.3. The van der Waals surface area contributed by atoms with Gasteiger partial charge in [-0.3, -0.25) is 4.79 Å². The van der Waals surface area contributed by atoms with Gasteiger partial charge in [-0.1, -0.05) is 48.5 Å². The predicted molar refractivity (Wildman–Crippen MR) is 103 cm³/mol. The molecule has 0 fully saturated rings. The Bertz CT molecular complexity index is 819. The SMILES string of the molecule is CC(N)C(C)(CC(=O)O)NC(=O)OCC1c2ccccc2-c2ccccc21. The van der Waals surface area contributed by atoms with Crippen molar-refractivity contribution < 1.29 is 19.4 Å². The van der Waals surface area contributed by atoms with E-state index in [0.29, 0.717) is 0 Å². The summed E-state index contributed by atoms with van der Waals surface area (Å²) in [5.74, 6) is -1.09. The number of aliphatic carboxylic acids is 1. The van der Waals surface area contributed by atoms with Crippen molar-refractivity contribution in [2.75, 3.05) is 6.61 Å². The minimum Gasteiger partial charge on any atom is -0.481 e. The van der Waals surface area contributed by atoms with Crippen LogP contribution in [-0.2, 0) is 9.53 Å². The van der Waals surface area contributed by atoms with Crippen molar-refractivity contribution >= 4 is 12.1 Å². The molecule has 2 aromatic carbocycles. The first-order valence-corrected chi connectivity index (χ1v) is 8.92. The molecule has 0 spiro atoms. The Balaban J connectivity index is 1.73.